The summed E-state index contributed by atoms with van der Waals surface area (Å²) in [6.45, 7) is 4.63. The van der Waals surface area contributed by atoms with Gasteiger partial charge in [-0.05, 0) is 50.9 Å². The highest BCUT2D eigenvalue weighted by molar-refractivity contribution is 5.32. The van der Waals surface area contributed by atoms with Gasteiger partial charge in [0.05, 0.1) is 0 Å². The third-order valence-electron chi connectivity index (χ3n) is 3.11. The number of hydrogen-bond acceptors (Lipinski definition) is 1. The SMILES string of the molecule is Cc1ccc2c(c1)CCN(C)CCC2. The molecule has 1 aromatic rings. The Morgan fingerprint density at radius 3 is 2.79 bits per heavy atom. The fourth-order valence-corrected chi connectivity index (χ4v) is 2.19. The van der Waals surface area contributed by atoms with Crippen molar-refractivity contribution in [1.82, 2.24) is 4.90 Å². The van der Waals surface area contributed by atoms with Gasteiger partial charge in [0.2, 0.25) is 0 Å². The van der Waals surface area contributed by atoms with Crippen LogP contribution in [0.4, 0.5) is 0 Å². The predicted octanol–water partition coefficient (Wildman–Crippen LogP) is 2.42. The van der Waals surface area contributed by atoms with E-state index in [1.165, 1.54) is 37.9 Å². The molecule has 0 saturated heterocycles. The highest BCUT2D eigenvalue weighted by atomic mass is 15.1. The molecule has 0 radical (unpaired) electrons. The van der Waals surface area contributed by atoms with Crippen molar-refractivity contribution in [3.05, 3.63) is 34.9 Å². The van der Waals surface area contributed by atoms with Crippen LogP contribution >= 0.6 is 0 Å². The maximum Gasteiger partial charge on any atom is 0.00189 e. The van der Waals surface area contributed by atoms with Crippen LogP contribution in [0.2, 0.25) is 0 Å². The summed E-state index contributed by atoms with van der Waals surface area (Å²) in [5.74, 6) is 0. The van der Waals surface area contributed by atoms with Crippen molar-refractivity contribution < 1.29 is 0 Å². The first kappa shape index (κ1) is 9.72. The minimum Gasteiger partial charge on any atom is -0.306 e. The van der Waals surface area contributed by atoms with Crippen LogP contribution in [0.15, 0.2) is 18.2 Å². The van der Waals surface area contributed by atoms with E-state index < -0.39 is 0 Å². The van der Waals surface area contributed by atoms with Crippen molar-refractivity contribution >= 4 is 0 Å². The molecule has 2 rings (SSSR count). The van der Waals surface area contributed by atoms with Gasteiger partial charge < -0.3 is 4.90 Å². The van der Waals surface area contributed by atoms with E-state index in [-0.39, 0.29) is 0 Å². The zero-order chi connectivity index (χ0) is 9.97. The Labute approximate surface area is 86.7 Å². The van der Waals surface area contributed by atoms with Crippen molar-refractivity contribution in [3.8, 4) is 0 Å². The molecule has 0 N–H and O–H groups in total. The molecule has 14 heavy (non-hydrogen) atoms. The van der Waals surface area contributed by atoms with Gasteiger partial charge >= 0.3 is 0 Å². The number of fused-ring (bicyclic) bond motifs is 1. The second-order valence-electron chi connectivity index (χ2n) is 4.43. The maximum absolute atomic E-state index is 2.44. The predicted molar refractivity (Wildman–Crippen MR) is 60.7 cm³/mol. The van der Waals surface area contributed by atoms with Gasteiger partial charge in [-0.1, -0.05) is 23.8 Å². The number of likely N-dealkylation sites (N-methyl/N-ethyl adjacent to an activating group) is 1. The van der Waals surface area contributed by atoms with Gasteiger partial charge in [0.25, 0.3) is 0 Å². The fraction of sp³-hybridized carbons (Fsp3) is 0.538. The third-order valence-corrected chi connectivity index (χ3v) is 3.11. The quantitative estimate of drug-likeness (QED) is 0.606. The zero-order valence-corrected chi connectivity index (χ0v) is 9.21. The second kappa shape index (κ2) is 4.14. The van der Waals surface area contributed by atoms with Crippen molar-refractivity contribution in [2.75, 3.05) is 20.1 Å². The monoisotopic (exact) mass is 189 g/mol. The second-order valence-corrected chi connectivity index (χ2v) is 4.43. The Balaban J connectivity index is 2.24. The highest BCUT2D eigenvalue weighted by Crippen LogP contribution is 2.17. The third kappa shape index (κ3) is 2.16. The summed E-state index contributed by atoms with van der Waals surface area (Å²) in [4.78, 5) is 2.44. The maximum atomic E-state index is 2.44. The van der Waals surface area contributed by atoms with E-state index in [1.807, 2.05) is 0 Å². The molecule has 0 bridgehead atoms. The standard InChI is InChI=1S/C13H19N/c1-11-5-6-12-4-3-8-14(2)9-7-13(12)10-11/h5-6,10H,3-4,7-9H2,1-2H3. The van der Waals surface area contributed by atoms with Crippen molar-refractivity contribution in [3.63, 3.8) is 0 Å². The Kier molecular flexibility index (Phi) is 2.87. The average Bonchev–Trinajstić information content (AvgIpc) is 2.15. The van der Waals surface area contributed by atoms with Crippen LogP contribution < -0.4 is 0 Å². The van der Waals surface area contributed by atoms with Crippen LogP contribution in [0, 0.1) is 6.92 Å². The molecule has 0 amide bonds. The summed E-state index contributed by atoms with van der Waals surface area (Å²) in [7, 11) is 2.22. The molecule has 1 heterocycles. The summed E-state index contributed by atoms with van der Waals surface area (Å²) in [6, 6.07) is 6.91. The lowest BCUT2D eigenvalue weighted by molar-refractivity contribution is 0.327. The van der Waals surface area contributed by atoms with Crippen molar-refractivity contribution in [2.24, 2.45) is 0 Å². The molecule has 1 aromatic carbocycles. The molecule has 1 aliphatic heterocycles. The summed E-state index contributed by atoms with van der Waals surface area (Å²) in [5, 5.41) is 0. The van der Waals surface area contributed by atoms with Gasteiger partial charge in [-0.2, -0.15) is 0 Å². The van der Waals surface area contributed by atoms with Gasteiger partial charge in [0.1, 0.15) is 0 Å². The topological polar surface area (TPSA) is 3.24 Å². The van der Waals surface area contributed by atoms with E-state index in [0.717, 1.165) is 0 Å². The molecule has 1 heteroatoms. The molecular weight excluding hydrogens is 170 g/mol. The van der Waals surface area contributed by atoms with Crippen molar-refractivity contribution in [2.45, 2.75) is 26.2 Å². The summed E-state index contributed by atoms with van der Waals surface area (Å²) in [5.41, 5.74) is 4.53. The van der Waals surface area contributed by atoms with Crippen LogP contribution in [0.1, 0.15) is 23.1 Å². The number of benzene rings is 1. The molecule has 0 fully saturated rings. The van der Waals surface area contributed by atoms with Crippen LogP contribution in [-0.4, -0.2) is 25.0 Å². The Hall–Kier alpha value is -0.820. The van der Waals surface area contributed by atoms with E-state index in [0.29, 0.717) is 0 Å². The van der Waals surface area contributed by atoms with Gasteiger partial charge in [-0.3, -0.25) is 0 Å². The lowest BCUT2D eigenvalue weighted by Crippen LogP contribution is -2.25. The molecular formula is C13H19N. The highest BCUT2D eigenvalue weighted by Gasteiger charge is 2.08. The first-order valence-electron chi connectivity index (χ1n) is 5.52. The normalized spacial score (nSPS) is 18.4. The van der Waals surface area contributed by atoms with Crippen LogP contribution in [0.3, 0.4) is 0 Å². The molecule has 76 valence electrons. The lowest BCUT2D eigenvalue weighted by Gasteiger charge is -2.21. The number of rotatable bonds is 0. The molecule has 0 spiro atoms. The zero-order valence-electron chi connectivity index (χ0n) is 9.21. The van der Waals surface area contributed by atoms with Crippen LogP contribution in [0.25, 0.3) is 0 Å². The van der Waals surface area contributed by atoms with Gasteiger partial charge in [0.15, 0.2) is 0 Å². The molecule has 0 aromatic heterocycles. The number of nitrogens with zero attached hydrogens (tertiary/aromatic N) is 1. The van der Waals surface area contributed by atoms with Crippen LogP contribution in [0.5, 0.6) is 0 Å². The molecule has 0 atom stereocenters. The lowest BCUT2D eigenvalue weighted by atomic mass is 9.96. The Morgan fingerprint density at radius 2 is 1.93 bits per heavy atom. The van der Waals surface area contributed by atoms with Crippen LogP contribution in [-0.2, 0) is 12.8 Å². The largest absolute Gasteiger partial charge is 0.306 e. The number of hydrogen-bond donors (Lipinski definition) is 0. The van der Waals surface area contributed by atoms with Crippen molar-refractivity contribution in [1.29, 1.82) is 0 Å². The van der Waals surface area contributed by atoms with E-state index in [1.54, 1.807) is 11.1 Å². The first-order valence-corrected chi connectivity index (χ1v) is 5.52. The fourth-order valence-electron chi connectivity index (χ4n) is 2.19. The molecule has 0 aliphatic carbocycles. The van der Waals surface area contributed by atoms with E-state index >= 15 is 0 Å². The number of aryl methyl sites for hydroxylation is 2. The van der Waals surface area contributed by atoms with E-state index in [2.05, 4.69) is 37.1 Å². The molecule has 1 nitrogen and oxygen atoms in total. The van der Waals surface area contributed by atoms with E-state index in [9.17, 15) is 0 Å². The summed E-state index contributed by atoms with van der Waals surface area (Å²) in [6.07, 6.45) is 3.76. The van der Waals surface area contributed by atoms with E-state index in [4.69, 9.17) is 0 Å². The summed E-state index contributed by atoms with van der Waals surface area (Å²) < 4.78 is 0. The minimum atomic E-state index is 1.20. The Bertz CT molecular complexity index is 317. The first-order chi connectivity index (χ1) is 6.75. The van der Waals surface area contributed by atoms with Gasteiger partial charge in [-0.15, -0.1) is 0 Å². The summed E-state index contributed by atoms with van der Waals surface area (Å²) >= 11 is 0. The molecule has 1 aliphatic rings. The smallest absolute Gasteiger partial charge is 0.00189 e. The van der Waals surface area contributed by atoms with Gasteiger partial charge in [-0.25, -0.2) is 0 Å². The Morgan fingerprint density at radius 1 is 1.07 bits per heavy atom. The molecule has 0 unspecified atom stereocenters. The average molecular weight is 189 g/mol. The molecule has 0 saturated carbocycles. The minimum absolute atomic E-state index is 1.20. The van der Waals surface area contributed by atoms with Gasteiger partial charge in [0, 0.05) is 6.54 Å².